The zero-order chi connectivity index (χ0) is 16.9. The average molecular weight is 336 g/mol. The monoisotopic (exact) mass is 336 g/mol. The molecule has 2 atom stereocenters. The van der Waals surface area contributed by atoms with Crippen molar-refractivity contribution in [3.63, 3.8) is 0 Å². The number of nitrogens with zero attached hydrogens (tertiary/aromatic N) is 3. The Bertz CT molecular complexity index is 544. The van der Waals surface area contributed by atoms with Crippen molar-refractivity contribution in [2.45, 2.75) is 31.9 Å². The first-order valence-corrected chi connectivity index (χ1v) is 8.85. The Kier molecular flexibility index (Phi) is 5.86. The van der Waals surface area contributed by atoms with Gasteiger partial charge in [-0.15, -0.1) is 0 Å². The molecule has 24 heavy (non-hydrogen) atoms. The molecule has 1 amide bonds. The van der Waals surface area contributed by atoms with Crippen LogP contribution in [0.2, 0.25) is 0 Å². The van der Waals surface area contributed by atoms with Crippen LogP contribution in [0.4, 0.5) is 0 Å². The molecule has 1 saturated carbocycles. The highest BCUT2D eigenvalue weighted by molar-refractivity contribution is 5.77. The largest absolute Gasteiger partial charge is 0.373 e. The zero-order valence-corrected chi connectivity index (χ0v) is 14.6. The molecule has 0 radical (unpaired) electrons. The SMILES string of the molecule is CCN1CCO[C@@H](CNC(=O)COCC2CC2)[C@@H]1c1cncn1C. The van der Waals surface area contributed by atoms with Crippen molar-refractivity contribution in [2.24, 2.45) is 13.0 Å². The number of hydrogen-bond acceptors (Lipinski definition) is 5. The van der Waals surface area contributed by atoms with E-state index in [9.17, 15) is 4.79 Å². The molecule has 134 valence electrons. The lowest BCUT2D eigenvalue weighted by Crippen LogP contribution is -2.50. The molecule has 1 aliphatic heterocycles. The maximum absolute atomic E-state index is 12.0. The Balaban J connectivity index is 1.55. The molecule has 1 saturated heterocycles. The molecule has 2 fully saturated rings. The second kappa shape index (κ2) is 8.09. The van der Waals surface area contributed by atoms with E-state index in [4.69, 9.17) is 9.47 Å². The van der Waals surface area contributed by atoms with Gasteiger partial charge in [-0.1, -0.05) is 6.92 Å². The van der Waals surface area contributed by atoms with Gasteiger partial charge >= 0.3 is 0 Å². The lowest BCUT2D eigenvalue weighted by molar-refractivity contribution is -0.128. The minimum absolute atomic E-state index is 0.0726. The summed E-state index contributed by atoms with van der Waals surface area (Å²) < 4.78 is 13.4. The first-order chi connectivity index (χ1) is 11.7. The predicted molar refractivity (Wildman–Crippen MR) is 89.5 cm³/mol. The Morgan fingerprint density at radius 2 is 2.33 bits per heavy atom. The van der Waals surface area contributed by atoms with Gasteiger partial charge in [-0.3, -0.25) is 9.69 Å². The van der Waals surface area contributed by atoms with E-state index < -0.39 is 0 Å². The van der Waals surface area contributed by atoms with Crippen LogP contribution in [0.25, 0.3) is 0 Å². The van der Waals surface area contributed by atoms with E-state index in [1.165, 1.54) is 12.8 Å². The van der Waals surface area contributed by atoms with E-state index >= 15 is 0 Å². The van der Waals surface area contributed by atoms with Crippen LogP contribution in [-0.2, 0) is 21.3 Å². The third-order valence-corrected chi connectivity index (χ3v) is 4.80. The van der Waals surface area contributed by atoms with Crippen LogP contribution in [0.1, 0.15) is 31.5 Å². The Morgan fingerprint density at radius 3 is 3.00 bits per heavy atom. The number of hydrogen-bond donors (Lipinski definition) is 1. The fourth-order valence-corrected chi connectivity index (χ4v) is 3.21. The second-order valence-electron chi connectivity index (χ2n) is 6.67. The van der Waals surface area contributed by atoms with Gasteiger partial charge in [-0.05, 0) is 25.3 Å². The predicted octanol–water partition coefficient (Wildman–Crippen LogP) is 0.725. The number of nitrogens with one attached hydrogen (secondary N) is 1. The van der Waals surface area contributed by atoms with Gasteiger partial charge < -0.3 is 19.4 Å². The molecule has 1 aromatic heterocycles. The van der Waals surface area contributed by atoms with Crippen LogP contribution in [0.15, 0.2) is 12.5 Å². The van der Waals surface area contributed by atoms with Crippen LogP contribution in [0.3, 0.4) is 0 Å². The molecule has 1 N–H and O–H groups in total. The van der Waals surface area contributed by atoms with Crippen molar-refractivity contribution in [1.29, 1.82) is 0 Å². The van der Waals surface area contributed by atoms with E-state index in [-0.39, 0.29) is 24.7 Å². The van der Waals surface area contributed by atoms with Gasteiger partial charge in [0, 0.05) is 26.3 Å². The fraction of sp³-hybridized carbons (Fsp3) is 0.765. The molecule has 2 aliphatic rings. The van der Waals surface area contributed by atoms with Gasteiger partial charge in [0.15, 0.2) is 0 Å². The first kappa shape index (κ1) is 17.4. The standard InChI is InChI=1S/C17H28N4O3/c1-3-21-6-7-24-15(17(21)14-8-18-12-20(14)2)9-19-16(22)11-23-10-13-4-5-13/h8,12-13,15,17H,3-7,9-11H2,1-2H3,(H,19,22)/t15-,17-/m0/s1. The number of aromatic nitrogens is 2. The molecule has 0 spiro atoms. The molecule has 1 aliphatic carbocycles. The quantitative estimate of drug-likeness (QED) is 0.758. The number of imidazole rings is 1. The lowest BCUT2D eigenvalue weighted by Gasteiger charge is -2.40. The van der Waals surface area contributed by atoms with Crippen LogP contribution in [-0.4, -0.2) is 65.9 Å². The summed E-state index contributed by atoms with van der Waals surface area (Å²) in [5, 5.41) is 2.96. The summed E-state index contributed by atoms with van der Waals surface area (Å²) in [4.78, 5) is 18.6. The first-order valence-electron chi connectivity index (χ1n) is 8.85. The topological polar surface area (TPSA) is 68.6 Å². The van der Waals surface area contributed by atoms with Crippen molar-refractivity contribution in [3.05, 3.63) is 18.2 Å². The summed E-state index contributed by atoms with van der Waals surface area (Å²) in [7, 11) is 1.99. The van der Waals surface area contributed by atoms with Crippen molar-refractivity contribution < 1.29 is 14.3 Å². The van der Waals surface area contributed by atoms with E-state index in [2.05, 4.69) is 22.1 Å². The summed E-state index contributed by atoms with van der Waals surface area (Å²) >= 11 is 0. The van der Waals surface area contributed by atoms with E-state index in [1.807, 2.05) is 17.8 Å². The zero-order valence-electron chi connectivity index (χ0n) is 14.6. The number of morpholine rings is 1. The van der Waals surface area contributed by atoms with Crippen molar-refractivity contribution in [3.8, 4) is 0 Å². The lowest BCUT2D eigenvalue weighted by atomic mass is 10.0. The highest BCUT2D eigenvalue weighted by atomic mass is 16.5. The third-order valence-electron chi connectivity index (χ3n) is 4.80. The molecule has 0 unspecified atom stereocenters. The van der Waals surface area contributed by atoms with Gasteiger partial charge in [0.1, 0.15) is 6.61 Å². The maximum Gasteiger partial charge on any atom is 0.246 e. The molecule has 0 aromatic carbocycles. The number of ether oxygens (including phenoxy) is 2. The smallest absolute Gasteiger partial charge is 0.246 e. The van der Waals surface area contributed by atoms with Crippen molar-refractivity contribution >= 4 is 5.91 Å². The maximum atomic E-state index is 12.0. The minimum atomic E-state index is -0.0820. The second-order valence-corrected chi connectivity index (χ2v) is 6.67. The summed E-state index contributed by atoms with van der Waals surface area (Å²) in [5.74, 6) is 0.600. The van der Waals surface area contributed by atoms with Gasteiger partial charge in [0.05, 0.1) is 37.4 Å². The number of likely N-dealkylation sites (N-methyl/N-ethyl adjacent to an activating group) is 1. The number of rotatable bonds is 8. The molecule has 1 aromatic rings. The molecule has 0 bridgehead atoms. The Hall–Kier alpha value is -1.44. The highest BCUT2D eigenvalue weighted by Gasteiger charge is 2.34. The average Bonchev–Trinajstić information content (AvgIpc) is 3.32. The van der Waals surface area contributed by atoms with E-state index in [1.54, 1.807) is 6.33 Å². The van der Waals surface area contributed by atoms with Gasteiger partial charge in [0.2, 0.25) is 5.91 Å². The molecule has 2 heterocycles. The minimum Gasteiger partial charge on any atom is -0.373 e. The van der Waals surface area contributed by atoms with Crippen LogP contribution in [0, 0.1) is 5.92 Å². The van der Waals surface area contributed by atoms with E-state index in [0.717, 1.165) is 18.8 Å². The molecule has 7 nitrogen and oxygen atoms in total. The Morgan fingerprint density at radius 1 is 1.50 bits per heavy atom. The summed E-state index contributed by atoms with van der Waals surface area (Å²) in [6, 6.07) is 0.101. The molecule has 7 heteroatoms. The summed E-state index contributed by atoms with van der Waals surface area (Å²) in [6.45, 7) is 5.98. The number of amides is 1. The highest BCUT2D eigenvalue weighted by Crippen LogP contribution is 2.29. The summed E-state index contributed by atoms with van der Waals surface area (Å²) in [5.41, 5.74) is 1.11. The van der Waals surface area contributed by atoms with Crippen molar-refractivity contribution in [1.82, 2.24) is 19.8 Å². The number of aryl methyl sites for hydroxylation is 1. The fourth-order valence-electron chi connectivity index (χ4n) is 3.21. The van der Waals surface area contributed by atoms with Crippen LogP contribution >= 0.6 is 0 Å². The van der Waals surface area contributed by atoms with Crippen LogP contribution in [0.5, 0.6) is 0 Å². The van der Waals surface area contributed by atoms with Gasteiger partial charge in [-0.25, -0.2) is 4.98 Å². The Labute approximate surface area is 143 Å². The summed E-state index contributed by atoms with van der Waals surface area (Å²) in [6.07, 6.45) is 6.07. The van der Waals surface area contributed by atoms with Crippen LogP contribution < -0.4 is 5.32 Å². The number of carbonyl (C=O) groups is 1. The molecular weight excluding hydrogens is 308 g/mol. The van der Waals surface area contributed by atoms with Gasteiger partial charge in [-0.2, -0.15) is 0 Å². The van der Waals surface area contributed by atoms with E-state index in [0.29, 0.717) is 25.7 Å². The normalized spacial score (nSPS) is 24.9. The van der Waals surface area contributed by atoms with Gasteiger partial charge in [0.25, 0.3) is 0 Å². The number of carbonyl (C=O) groups excluding carboxylic acids is 1. The third kappa shape index (κ3) is 4.34. The molecule has 3 rings (SSSR count). The molecular formula is C17H28N4O3. The van der Waals surface area contributed by atoms with Crippen molar-refractivity contribution in [2.75, 3.05) is 39.5 Å².